The summed E-state index contributed by atoms with van der Waals surface area (Å²) in [6.45, 7) is 0. The first-order valence-corrected chi connectivity index (χ1v) is 8.05. The number of hydrogen-bond acceptors (Lipinski definition) is 3. The molecule has 2 aromatic carbocycles. The van der Waals surface area contributed by atoms with E-state index in [0.717, 1.165) is 28.0 Å². The van der Waals surface area contributed by atoms with Crippen molar-refractivity contribution in [2.24, 2.45) is 0 Å². The van der Waals surface area contributed by atoms with Crippen LogP contribution < -0.4 is 9.47 Å². The van der Waals surface area contributed by atoms with Crippen molar-refractivity contribution in [2.75, 3.05) is 14.2 Å². The van der Waals surface area contributed by atoms with Crippen molar-refractivity contribution < 1.29 is 9.47 Å². The third-order valence-corrected chi connectivity index (χ3v) is 4.30. The second-order valence-corrected chi connectivity index (χ2v) is 5.74. The Morgan fingerprint density at radius 2 is 1.72 bits per heavy atom. The molecule has 4 rings (SSSR count). The van der Waals surface area contributed by atoms with Gasteiger partial charge in [0.1, 0.15) is 0 Å². The van der Waals surface area contributed by atoms with E-state index in [4.69, 9.17) is 9.47 Å². The topological polar surface area (TPSA) is 47.1 Å². The van der Waals surface area contributed by atoms with E-state index < -0.39 is 0 Å². The Kier molecular flexibility index (Phi) is 3.86. The van der Waals surface area contributed by atoms with Crippen LogP contribution in [-0.2, 0) is 0 Å². The van der Waals surface area contributed by atoms with Gasteiger partial charge in [-0.2, -0.15) is 0 Å². The van der Waals surface area contributed by atoms with E-state index in [0.29, 0.717) is 5.75 Å². The number of nitrogens with one attached hydrogen (secondary N) is 1. The predicted octanol–water partition coefficient (Wildman–Crippen LogP) is 4.90. The lowest BCUT2D eigenvalue weighted by atomic mass is 10.1. The lowest BCUT2D eigenvalue weighted by Gasteiger charge is -2.07. The fraction of sp³-hybridized carbons (Fsp3) is 0.0952. The standard InChI is InChI=1S/C21H18N2O2/c1-24-19-10-8-14(13-20(19)25-2)7-9-18-21-16(11-12-22-18)15-5-3-4-6-17(15)23-21/h3-13,23H,1-2H3/b9-7+. The first-order valence-electron chi connectivity index (χ1n) is 8.05. The maximum atomic E-state index is 5.36. The number of para-hydroxylation sites is 1. The van der Waals surface area contributed by atoms with Crippen LogP contribution >= 0.6 is 0 Å². The highest BCUT2D eigenvalue weighted by Gasteiger charge is 2.07. The van der Waals surface area contributed by atoms with Gasteiger partial charge >= 0.3 is 0 Å². The van der Waals surface area contributed by atoms with E-state index in [9.17, 15) is 0 Å². The monoisotopic (exact) mass is 330 g/mol. The lowest BCUT2D eigenvalue weighted by Crippen LogP contribution is -1.90. The van der Waals surface area contributed by atoms with Crippen LogP contribution in [0, 0.1) is 0 Å². The molecule has 0 unspecified atom stereocenters. The number of ether oxygens (including phenoxy) is 2. The minimum absolute atomic E-state index is 0.710. The van der Waals surface area contributed by atoms with Gasteiger partial charge in [0.2, 0.25) is 0 Å². The number of aromatic nitrogens is 2. The molecule has 2 heterocycles. The van der Waals surface area contributed by atoms with Crippen molar-refractivity contribution in [3.63, 3.8) is 0 Å². The third-order valence-electron chi connectivity index (χ3n) is 4.30. The normalized spacial score (nSPS) is 11.4. The van der Waals surface area contributed by atoms with Crippen LogP contribution in [0.25, 0.3) is 34.0 Å². The maximum Gasteiger partial charge on any atom is 0.161 e. The van der Waals surface area contributed by atoms with Crippen molar-refractivity contribution in [1.29, 1.82) is 0 Å². The van der Waals surface area contributed by atoms with E-state index in [1.54, 1.807) is 14.2 Å². The maximum absolute atomic E-state index is 5.36. The number of fused-ring (bicyclic) bond motifs is 3. The zero-order valence-corrected chi connectivity index (χ0v) is 14.1. The molecule has 0 aliphatic carbocycles. The number of H-pyrrole nitrogens is 1. The van der Waals surface area contributed by atoms with Crippen molar-refractivity contribution >= 4 is 34.0 Å². The molecule has 124 valence electrons. The van der Waals surface area contributed by atoms with Gasteiger partial charge in [0.15, 0.2) is 11.5 Å². The van der Waals surface area contributed by atoms with Crippen LogP contribution in [0.5, 0.6) is 11.5 Å². The minimum atomic E-state index is 0.710. The Morgan fingerprint density at radius 1 is 0.880 bits per heavy atom. The van der Waals surface area contributed by atoms with Crippen LogP contribution in [0.4, 0.5) is 0 Å². The number of benzene rings is 2. The lowest BCUT2D eigenvalue weighted by molar-refractivity contribution is 0.355. The Labute approximate surface area is 145 Å². The Morgan fingerprint density at radius 3 is 2.56 bits per heavy atom. The molecule has 0 aliphatic heterocycles. The van der Waals surface area contributed by atoms with Gasteiger partial charge in [-0.05, 0) is 35.9 Å². The van der Waals surface area contributed by atoms with Gasteiger partial charge in [0.25, 0.3) is 0 Å². The average molecular weight is 330 g/mol. The van der Waals surface area contributed by atoms with Crippen molar-refractivity contribution in [1.82, 2.24) is 9.97 Å². The highest BCUT2D eigenvalue weighted by molar-refractivity contribution is 6.09. The molecule has 1 N–H and O–H groups in total. The molecule has 4 heteroatoms. The van der Waals surface area contributed by atoms with E-state index >= 15 is 0 Å². The molecular weight excluding hydrogens is 312 g/mol. The zero-order chi connectivity index (χ0) is 17.2. The Hall–Kier alpha value is -3.27. The third kappa shape index (κ3) is 2.72. The molecule has 0 saturated carbocycles. The molecule has 2 aromatic heterocycles. The van der Waals surface area contributed by atoms with Gasteiger partial charge in [-0.1, -0.05) is 30.3 Å². The van der Waals surface area contributed by atoms with Crippen molar-refractivity contribution in [3.8, 4) is 11.5 Å². The van der Waals surface area contributed by atoms with Crippen molar-refractivity contribution in [2.45, 2.75) is 0 Å². The summed E-state index contributed by atoms with van der Waals surface area (Å²) in [5.74, 6) is 1.43. The quantitative estimate of drug-likeness (QED) is 0.579. The van der Waals surface area contributed by atoms with E-state index in [1.807, 2.05) is 48.7 Å². The average Bonchev–Trinajstić information content (AvgIpc) is 3.05. The summed E-state index contributed by atoms with van der Waals surface area (Å²) in [6, 6.07) is 16.2. The van der Waals surface area contributed by atoms with Gasteiger partial charge < -0.3 is 14.5 Å². The molecule has 25 heavy (non-hydrogen) atoms. The molecule has 0 saturated heterocycles. The van der Waals surface area contributed by atoms with Crippen LogP contribution in [0.15, 0.2) is 54.7 Å². The molecule has 0 fully saturated rings. The summed E-state index contributed by atoms with van der Waals surface area (Å²) in [6.07, 6.45) is 5.88. The summed E-state index contributed by atoms with van der Waals surface area (Å²) in [5.41, 5.74) is 4.09. The van der Waals surface area contributed by atoms with Crippen LogP contribution in [-0.4, -0.2) is 24.2 Å². The summed E-state index contributed by atoms with van der Waals surface area (Å²) in [5, 5.41) is 2.39. The van der Waals surface area contributed by atoms with Gasteiger partial charge in [-0.25, -0.2) is 0 Å². The number of methoxy groups -OCH3 is 2. The zero-order valence-electron chi connectivity index (χ0n) is 14.1. The van der Waals surface area contributed by atoms with E-state index in [2.05, 4.69) is 28.2 Å². The molecule has 0 spiro atoms. The molecule has 0 atom stereocenters. The van der Waals surface area contributed by atoms with Crippen LogP contribution in [0.2, 0.25) is 0 Å². The second-order valence-electron chi connectivity index (χ2n) is 5.74. The molecular formula is C21H18N2O2. The van der Waals surface area contributed by atoms with E-state index in [-0.39, 0.29) is 0 Å². The molecule has 4 nitrogen and oxygen atoms in total. The van der Waals surface area contributed by atoms with Crippen molar-refractivity contribution in [3.05, 3.63) is 66.0 Å². The number of nitrogens with zero attached hydrogens (tertiary/aromatic N) is 1. The summed E-state index contributed by atoms with van der Waals surface area (Å²) < 4.78 is 10.6. The van der Waals surface area contributed by atoms with Gasteiger partial charge in [-0.3, -0.25) is 4.98 Å². The Balaban J connectivity index is 1.77. The fourth-order valence-corrected chi connectivity index (χ4v) is 3.05. The van der Waals surface area contributed by atoms with Crippen LogP contribution in [0.1, 0.15) is 11.3 Å². The van der Waals surface area contributed by atoms with E-state index in [1.165, 1.54) is 10.8 Å². The molecule has 4 aromatic rings. The Bertz CT molecular complexity index is 1080. The molecule has 0 aliphatic rings. The first-order chi connectivity index (χ1) is 12.3. The number of rotatable bonds is 4. The van der Waals surface area contributed by atoms with Crippen LogP contribution in [0.3, 0.4) is 0 Å². The van der Waals surface area contributed by atoms with Gasteiger partial charge in [0.05, 0.1) is 25.4 Å². The number of pyridine rings is 1. The second kappa shape index (κ2) is 6.32. The summed E-state index contributed by atoms with van der Waals surface area (Å²) >= 11 is 0. The summed E-state index contributed by atoms with van der Waals surface area (Å²) in [4.78, 5) is 7.98. The smallest absolute Gasteiger partial charge is 0.161 e. The predicted molar refractivity (Wildman–Crippen MR) is 102 cm³/mol. The van der Waals surface area contributed by atoms with Gasteiger partial charge in [0, 0.05) is 22.5 Å². The minimum Gasteiger partial charge on any atom is -0.493 e. The van der Waals surface area contributed by atoms with Gasteiger partial charge in [-0.15, -0.1) is 0 Å². The highest BCUT2D eigenvalue weighted by atomic mass is 16.5. The fourth-order valence-electron chi connectivity index (χ4n) is 3.05. The number of hydrogen-bond donors (Lipinski definition) is 1. The molecule has 0 radical (unpaired) electrons. The summed E-state index contributed by atoms with van der Waals surface area (Å²) in [7, 11) is 3.27. The molecule has 0 amide bonds. The number of aromatic amines is 1. The SMILES string of the molecule is COc1ccc(/C=C/c2nccc3c2[nH]c2ccccc23)cc1OC. The highest BCUT2D eigenvalue weighted by Crippen LogP contribution is 2.29. The first kappa shape index (κ1) is 15.3. The largest absolute Gasteiger partial charge is 0.493 e. The molecule has 0 bridgehead atoms.